The van der Waals surface area contributed by atoms with Crippen LogP contribution in [0.4, 0.5) is 8.78 Å². The van der Waals surface area contributed by atoms with Crippen LogP contribution in [-0.4, -0.2) is 32.9 Å². The zero-order valence-corrected chi connectivity index (χ0v) is 13.0. The normalized spacial score (nSPS) is 15.7. The average molecular weight is 318 g/mol. The SMILES string of the molecule is CCNCc1c(F)ccc(S(=O)(=O)N(C)CC2CC2)c1F. The smallest absolute Gasteiger partial charge is 0.245 e. The molecule has 1 N–H and O–H groups in total. The molecule has 1 aromatic carbocycles. The Morgan fingerprint density at radius 3 is 2.57 bits per heavy atom. The predicted octanol–water partition coefficient (Wildman–Crippen LogP) is 2.10. The van der Waals surface area contributed by atoms with Gasteiger partial charge in [0.25, 0.3) is 0 Å². The second-order valence-electron chi connectivity index (χ2n) is 5.35. The van der Waals surface area contributed by atoms with Crippen LogP contribution >= 0.6 is 0 Å². The first-order valence-corrected chi connectivity index (χ1v) is 8.45. The van der Waals surface area contributed by atoms with Gasteiger partial charge in [-0.3, -0.25) is 0 Å². The van der Waals surface area contributed by atoms with Crippen molar-refractivity contribution >= 4 is 10.0 Å². The molecule has 0 atom stereocenters. The van der Waals surface area contributed by atoms with Gasteiger partial charge in [-0.25, -0.2) is 21.5 Å². The fourth-order valence-corrected chi connectivity index (χ4v) is 3.45. The van der Waals surface area contributed by atoms with Crippen molar-refractivity contribution in [3.63, 3.8) is 0 Å². The number of nitrogens with one attached hydrogen (secondary N) is 1. The van der Waals surface area contributed by atoms with Gasteiger partial charge in [0.1, 0.15) is 10.7 Å². The van der Waals surface area contributed by atoms with Gasteiger partial charge in [0.05, 0.1) is 0 Å². The summed E-state index contributed by atoms with van der Waals surface area (Å²) in [4.78, 5) is -0.458. The minimum atomic E-state index is -3.93. The van der Waals surface area contributed by atoms with Crippen LogP contribution in [-0.2, 0) is 16.6 Å². The van der Waals surface area contributed by atoms with Crippen molar-refractivity contribution in [3.8, 4) is 0 Å². The lowest BCUT2D eigenvalue weighted by molar-refractivity contribution is 0.444. The lowest BCUT2D eigenvalue weighted by Crippen LogP contribution is -2.30. The lowest BCUT2D eigenvalue weighted by atomic mass is 10.2. The summed E-state index contributed by atoms with van der Waals surface area (Å²) in [6.07, 6.45) is 1.99. The highest BCUT2D eigenvalue weighted by Crippen LogP contribution is 2.31. The van der Waals surface area contributed by atoms with Gasteiger partial charge in [0.2, 0.25) is 10.0 Å². The predicted molar refractivity (Wildman–Crippen MR) is 76.3 cm³/mol. The molecule has 1 aromatic rings. The summed E-state index contributed by atoms with van der Waals surface area (Å²) in [6.45, 7) is 2.68. The Kier molecular flexibility index (Phi) is 4.95. The van der Waals surface area contributed by atoms with E-state index in [1.807, 2.05) is 0 Å². The van der Waals surface area contributed by atoms with Crippen LogP contribution in [0, 0.1) is 17.6 Å². The van der Waals surface area contributed by atoms with Crippen LogP contribution in [0.3, 0.4) is 0 Å². The van der Waals surface area contributed by atoms with E-state index in [2.05, 4.69) is 5.32 Å². The van der Waals surface area contributed by atoms with Crippen molar-refractivity contribution in [2.75, 3.05) is 20.1 Å². The first kappa shape index (κ1) is 16.3. The van der Waals surface area contributed by atoms with Crippen molar-refractivity contribution in [1.29, 1.82) is 0 Å². The van der Waals surface area contributed by atoms with Gasteiger partial charge in [-0.05, 0) is 37.4 Å². The quantitative estimate of drug-likeness (QED) is 0.838. The lowest BCUT2D eigenvalue weighted by Gasteiger charge is -2.18. The highest BCUT2D eigenvalue weighted by molar-refractivity contribution is 7.89. The molecule has 0 amide bonds. The summed E-state index contributed by atoms with van der Waals surface area (Å²) >= 11 is 0. The van der Waals surface area contributed by atoms with E-state index < -0.39 is 26.6 Å². The molecule has 0 spiro atoms. The molecule has 7 heteroatoms. The second-order valence-corrected chi connectivity index (χ2v) is 7.36. The molecule has 21 heavy (non-hydrogen) atoms. The van der Waals surface area contributed by atoms with E-state index in [1.54, 1.807) is 6.92 Å². The number of hydrogen-bond donors (Lipinski definition) is 1. The Morgan fingerprint density at radius 1 is 1.33 bits per heavy atom. The zero-order chi connectivity index (χ0) is 15.6. The highest BCUT2D eigenvalue weighted by Gasteiger charge is 2.31. The Labute approximate surface area is 124 Å². The molecule has 1 saturated carbocycles. The van der Waals surface area contributed by atoms with E-state index in [4.69, 9.17) is 0 Å². The van der Waals surface area contributed by atoms with Crippen LogP contribution in [0.5, 0.6) is 0 Å². The third kappa shape index (κ3) is 3.59. The van der Waals surface area contributed by atoms with Crippen molar-refractivity contribution in [2.24, 2.45) is 5.92 Å². The minimum absolute atomic E-state index is 0.0378. The number of hydrogen-bond acceptors (Lipinski definition) is 3. The van der Waals surface area contributed by atoms with Gasteiger partial charge in [0, 0.05) is 25.7 Å². The third-order valence-electron chi connectivity index (χ3n) is 3.60. The molecule has 2 rings (SSSR count). The van der Waals surface area contributed by atoms with Crippen LogP contribution < -0.4 is 5.32 Å². The molecule has 1 aliphatic carbocycles. The third-order valence-corrected chi connectivity index (χ3v) is 5.44. The van der Waals surface area contributed by atoms with Gasteiger partial charge in [0.15, 0.2) is 5.82 Å². The van der Waals surface area contributed by atoms with E-state index in [0.29, 0.717) is 19.0 Å². The van der Waals surface area contributed by atoms with Crippen molar-refractivity contribution in [2.45, 2.75) is 31.2 Å². The summed E-state index contributed by atoms with van der Waals surface area (Å²) in [5.41, 5.74) is -0.238. The van der Waals surface area contributed by atoms with Gasteiger partial charge in [-0.2, -0.15) is 0 Å². The fourth-order valence-electron chi connectivity index (χ4n) is 2.12. The van der Waals surface area contributed by atoms with E-state index in [0.717, 1.165) is 29.3 Å². The summed E-state index contributed by atoms with van der Waals surface area (Å²) in [7, 11) is -2.49. The zero-order valence-electron chi connectivity index (χ0n) is 12.2. The number of nitrogens with zero attached hydrogens (tertiary/aromatic N) is 1. The monoisotopic (exact) mass is 318 g/mol. The molecule has 0 heterocycles. The fraction of sp³-hybridized carbons (Fsp3) is 0.571. The Balaban J connectivity index is 2.33. The van der Waals surface area contributed by atoms with E-state index in [-0.39, 0.29) is 12.1 Å². The molecule has 0 aromatic heterocycles. The van der Waals surface area contributed by atoms with Crippen LogP contribution in [0.2, 0.25) is 0 Å². The second kappa shape index (κ2) is 6.37. The molecule has 4 nitrogen and oxygen atoms in total. The first-order valence-electron chi connectivity index (χ1n) is 7.01. The van der Waals surface area contributed by atoms with Crippen molar-refractivity contribution in [1.82, 2.24) is 9.62 Å². The Bertz CT molecular complexity index is 616. The maximum absolute atomic E-state index is 14.4. The molecule has 0 bridgehead atoms. The highest BCUT2D eigenvalue weighted by atomic mass is 32.2. The summed E-state index contributed by atoms with van der Waals surface area (Å²) in [5.74, 6) is -1.38. The number of halogens is 2. The van der Waals surface area contributed by atoms with E-state index in [9.17, 15) is 17.2 Å². The number of rotatable bonds is 7. The molecular formula is C14H20F2N2O2S. The van der Waals surface area contributed by atoms with Gasteiger partial charge >= 0.3 is 0 Å². The molecule has 1 aliphatic rings. The van der Waals surface area contributed by atoms with Crippen LogP contribution in [0.25, 0.3) is 0 Å². The molecule has 1 fully saturated rings. The topological polar surface area (TPSA) is 49.4 Å². The standard InChI is InChI=1S/C14H20F2N2O2S/c1-3-17-8-11-12(15)6-7-13(14(11)16)21(19,20)18(2)9-10-4-5-10/h6-7,10,17H,3-5,8-9H2,1-2H3. The van der Waals surface area contributed by atoms with E-state index >= 15 is 0 Å². The number of sulfonamides is 1. The minimum Gasteiger partial charge on any atom is -0.313 e. The van der Waals surface area contributed by atoms with Gasteiger partial charge in [-0.15, -0.1) is 0 Å². The maximum Gasteiger partial charge on any atom is 0.245 e. The van der Waals surface area contributed by atoms with Crippen LogP contribution in [0.15, 0.2) is 17.0 Å². The molecule has 0 aliphatic heterocycles. The Hall–Kier alpha value is -1.05. The van der Waals surface area contributed by atoms with Crippen molar-refractivity contribution < 1.29 is 17.2 Å². The van der Waals surface area contributed by atoms with E-state index in [1.165, 1.54) is 7.05 Å². The van der Waals surface area contributed by atoms with Gasteiger partial charge in [-0.1, -0.05) is 6.92 Å². The molecule has 118 valence electrons. The molecular weight excluding hydrogens is 298 g/mol. The number of benzene rings is 1. The Morgan fingerprint density at radius 2 is 2.00 bits per heavy atom. The summed E-state index contributed by atoms with van der Waals surface area (Å²) in [5, 5.41) is 2.81. The molecule has 0 radical (unpaired) electrons. The van der Waals surface area contributed by atoms with Gasteiger partial charge < -0.3 is 5.32 Å². The summed E-state index contributed by atoms with van der Waals surface area (Å²) < 4.78 is 54.0. The largest absolute Gasteiger partial charge is 0.313 e. The van der Waals surface area contributed by atoms with Crippen LogP contribution in [0.1, 0.15) is 25.3 Å². The molecule has 0 unspecified atom stereocenters. The summed E-state index contributed by atoms with van der Waals surface area (Å²) in [6, 6.07) is 2.01. The maximum atomic E-state index is 14.4. The molecule has 0 saturated heterocycles. The first-order chi connectivity index (χ1) is 9.87. The van der Waals surface area contributed by atoms with Crippen molar-refractivity contribution in [3.05, 3.63) is 29.3 Å². The average Bonchev–Trinajstić information content (AvgIpc) is 3.22.